The van der Waals surface area contributed by atoms with Crippen LogP contribution in [-0.4, -0.2) is 84.3 Å². The van der Waals surface area contributed by atoms with Crippen LogP contribution in [0.2, 0.25) is 0 Å². The quantitative estimate of drug-likeness (QED) is 0.709. The average molecular weight is 478 g/mol. The molecule has 1 aromatic heterocycles. The number of piperazine rings is 1. The summed E-state index contributed by atoms with van der Waals surface area (Å²) in [6.07, 6.45) is 1.18. The number of benzene rings is 1. The molecule has 0 bridgehead atoms. The molecule has 2 aliphatic heterocycles. The summed E-state index contributed by atoms with van der Waals surface area (Å²) in [6.45, 7) is 5.24. The first kappa shape index (κ1) is 23.6. The molecule has 9 nitrogen and oxygen atoms in total. The summed E-state index contributed by atoms with van der Waals surface area (Å²) in [5.41, 5.74) is 0.517. The van der Waals surface area contributed by atoms with Gasteiger partial charge in [-0.1, -0.05) is 12.1 Å². The van der Waals surface area contributed by atoms with Gasteiger partial charge in [-0.05, 0) is 38.1 Å². The van der Waals surface area contributed by atoms with Crippen LogP contribution in [0.15, 0.2) is 42.6 Å². The van der Waals surface area contributed by atoms with E-state index in [1.807, 2.05) is 13.8 Å². The molecule has 0 spiro atoms. The maximum Gasteiger partial charge on any atom is 0.282 e. The van der Waals surface area contributed by atoms with Crippen LogP contribution >= 0.6 is 0 Å². The molecule has 2 aromatic rings. The number of hydrogen-bond acceptors (Lipinski definition) is 6. The van der Waals surface area contributed by atoms with E-state index in [0.717, 1.165) is 0 Å². The third kappa shape index (κ3) is 5.16. The second kappa shape index (κ2) is 9.72. The minimum Gasteiger partial charge on any atom is -0.373 e. The molecule has 0 saturated carbocycles. The van der Waals surface area contributed by atoms with Crippen molar-refractivity contribution in [1.82, 2.24) is 18.5 Å². The summed E-state index contributed by atoms with van der Waals surface area (Å²) >= 11 is 0. The molecule has 4 rings (SSSR count). The van der Waals surface area contributed by atoms with Crippen LogP contribution < -0.4 is 5.32 Å². The van der Waals surface area contributed by atoms with E-state index >= 15 is 0 Å². The van der Waals surface area contributed by atoms with Crippen LogP contribution in [0.1, 0.15) is 24.2 Å². The number of para-hydroxylation sites is 1. The maximum atomic E-state index is 14.1. The van der Waals surface area contributed by atoms with E-state index < -0.39 is 16.0 Å². The summed E-state index contributed by atoms with van der Waals surface area (Å²) in [5.74, 6) is -0.487. The van der Waals surface area contributed by atoms with E-state index in [1.54, 1.807) is 35.2 Å². The van der Waals surface area contributed by atoms with Gasteiger partial charge < -0.3 is 15.0 Å². The molecule has 2 saturated heterocycles. The van der Waals surface area contributed by atoms with Crippen molar-refractivity contribution < 1.29 is 22.3 Å². The minimum absolute atomic E-state index is 0.169. The Bertz CT molecular complexity index is 1100. The number of halogens is 1. The zero-order valence-electron chi connectivity index (χ0n) is 18.6. The van der Waals surface area contributed by atoms with Crippen molar-refractivity contribution in [1.29, 1.82) is 0 Å². The number of carbonyl (C=O) groups excluding carboxylic acids is 1. The number of nitrogens with one attached hydrogen (secondary N) is 1. The lowest BCUT2D eigenvalue weighted by Gasteiger charge is -2.40. The molecule has 1 amide bonds. The van der Waals surface area contributed by atoms with Crippen molar-refractivity contribution in [2.45, 2.75) is 26.1 Å². The van der Waals surface area contributed by atoms with Gasteiger partial charge in [-0.3, -0.25) is 4.79 Å². The van der Waals surface area contributed by atoms with Gasteiger partial charge in [-0.15, -0.1) is 0 Å². The van der Waals surface area contributed by atoms with Crippen LogP contribution in [0, 0.1) is 5.82 Å². The highest BCUT2D eigenvalue weighted by molar-refractivity contribution is 7.86. The predicted molar refractivity (Wildman–Crippen MR) is 122 cm³/mol. The Labute approximate surface area is 193 Å². The van der Waals surface area contributed by atoms with Gasteiger partial charge in [0, 0.05) is 45.5 Å². The summed E-state index contributed by atoms with van der Waals surface area (Å²) in [4.78, 5) is 19.0. The number of nitrogens with zero attached hydrogens (tertiary/aromatic N) is 4. The predicted octanol–water partition coefficient (Wildman–Crippen LogP) is 2.08. The molecule has 33 heavy (non-hydrogen) atoms. The second-order valence-electron chi connectivity index (χ2n) is 8.28. The normalized spacial score (nSPS) is 22.8. The highest BCUT2D eigenvalue weighted by atomic mass is 32.2. The highest BCUT2D eigenvalue weighted by Crippen LogP contribution is 2.24. The van der Waals surface area contributed by atoms with Crippen molar-refractivity contribution in [3.05, 3.63) is 54.0 Å². The summed E-state index contributed by atoms with van der Waals surface area (Å²) < 4.78 is 48.8. The molecular weight excluding hydrogens is 449 g/mol. The van der Waals surface area contributed by atoms with Crippen molar-refractivity contribution in [3.8, 4) is 0 Å². The maximum absolute atomic E-state index is 14.1. The molecule has 1 N–H and O–H groups in total. The number of pyridine rings is 1. The van der Waals surface area contributed by atoms with E-state index in [-0.39, 0.29) is 55.8 Å². The van der Waals surface area contributed by atoms with Crippen LogP contribution in [0.4, 0.5) is 15.9 Å². The largest absolute Gasteiger partial charge is 0.373 e. The lowest BCUT2D eigenvalue weighted by Crippen LogP contribution is -2.57. The van der Waals surface area contributed by atoms with Crippen LogP contribution in [0.5, 0.6) is 0 Å². The molecule has 3 heterocycles. The first-order valence-corrected chi connectivity index (χ1v) is 12.3. The van der Waals surface area contributed by atoms with Gasteiger partial charge in [0.05, 0.1) is 23.5 Å². The number of ether oxygens (including phenoxy) is 1. The Morgan fingerprint density at radius 2 is 1.70 bits per heavy atom. The van der Waals surface area contributed by atoms with Crippen molar-refractivity contribution in [2.24, 2.45) is 0 Å². The second-order valence-corrected chi connectivity index (χ2v) is 10.2. The molecule has 1 aromatic carbocycles. The minimum atomic E-state index is -3.64. The number of anilines is 2. The van der Waals surface area contributed by atoms with E-state index in [4.69, 9.17) is 4.74 Å². The fourth-order valence-electron chi connectivity index (χ4n) is 4.14. The highest BCUT2D eigenvalue weighted by Gasteiger charge is 2.37. The number of carbonyl (C=O) groups is 1. The molecule has 11 heteroatoms. The zero-order valence-corrected chi connectivity index (χ0v) is 19.5. The molecule has 2 atom stereocenters. The molecular formula is C22H28FN5O4S. The van der Waals surface area contributed by atoms with Gasteiger partial charge in [-0.25, -0.2) is 9.37 Å². The Balaban J connectivity index is 1.44. The van der Waals surface area contributed by atoms with Crippen LogP contribution in [0.3, 0.4) is 0 Å². The lowest BCUT2D eigenvalue weighted by molar-refractivity contribution is -0.0457. The third-order valence-corrected chi connectivity index (χ3v) is 7.70. The van der Waals surface area contributed by atoms with E-state index in [0.29, 0.717) is 18.7 Å². The van der Waals surface area contributed by atoms with Crippen LogP contribution in [-0.2, 0) is 14.9 Å². The SMILES string of the molecule is CC1CN(S(=O)(=O)N2CCN(C(=O)c3cccnc3Nc3ccccc3F)CC2)CC(C)O1. The lowest BCUT2D eigenvalue weighted by atomic mass is 10.2. The van der Waals surface area contributed by atoms with Crippen molar-refractivity contribution in [2.75, 3.05) is 44.6 Å². The Morgan fingerprint density at radius 1 is 1.03 bits per heavy atom. The number of amides is 1. The Hall–Kier alpha value is -2.60. The smallest absolute Gasteiger partial charge is 0.282 e. The summed E-state index contributed by atoms with van der Waals surface area (Å²) in [6, 6.07) is 9.42. The van der Waals surface area contributed by atoms with Crippen LogP contribution in [0.25, 0.3) is 0 Å². The van der Waals surface area contributed by atoms with Gasteiger partial charge in [-0.2, -0.15) is 17.0 Å². The summed E-state index contributed by atoms with van der Waals surface area (Å²) in [7, 11) is -3.64. The first-order chi connectivity index (χ1) is 15.8. The monoisotopic (exact) mass is 477 g/mol. The fraction of sp³-hybridized carbons (Fsp3) is 0.455. The standard InChI is InChI=1S/C22H28FN5O4S/c1-16-14-28(15-17(2)32-16)33(30,31)27-12-10-26(11-13-27)22(29)18-6-5-9-24-21(18)25-20-8-4-3-7-19(20)23/h3-9,16-17H,10-15H2,1-2H3,(H,24,25). The van der Waals surface area contributed by atoms with Crippen molar-refractivity contribution >= 4 is 27.6 Å². The molecule has 0 radical (unpaired) electrons. The van der Waals surface area contributed by atoms with Gasteiger partial charge >= 0.3 is 0 Å². The topological polar surface area (TPSA) is 95.1 Å². The van der Waals surface area contributed by atoms with Gasteiger partial charge in [0.1, 0.15) is 11.6 Å². The van der Waals surface area contributed by atoms with Gasteiger partial charge in [0.2, 0.25) is 0 Å². The van der Waals surface area contributed by atoms with Crippen molar-refractivity contribution in [3.63, 3.8) is 0 Å². The fourth-order valence-corrected chi connectivity index (χ4v) is 5.89. The third-order valence-electron chi connectivity index (χ3n) is 5.73. The Morgan fingerprint density at radius 3 is 2.36 bits per heavy atom. The zero-order chi connectivity index (χ0) is 23.6. The van der Waals surface area contributed by atoms with Gasteiger partial charge in [0.15, 0.2) is 0 Å². The Kier molecular flexibility index (Phi) is 6.94. The summed E-state index contributed by atoms with van der Waals surface area (Å²) in [5, 5.41) is 2.89. The molecule has 2 unspecified atom stereocenters. The molecule has 0 aliphatic carbocycles. The number of aromatic nitrogens is 1. The van der Waals surface area contributed by atoms with E-state index in [9.17, 15) is 17.6 Å². The molecule has 178 valence electrons. The van der Waals surface area contributed by atoms with Gasteiger partial charge in [0.25, 0.3) is 16.1 Å². The molecule has 2 fully saturated rings. The van der Waals surface area contributed by atoms with E-state index in [1.165, 1.54) is 20.9 Å². The molecule has 2 aliphatic rings. The number of rotatable bonds is 5. The first-order valence-electron chi connectivity index (χ1n) is 10.9. The van der Waals surface area contributed by atoms with E-state index in [2.05, 4.69) is 10.3 Å². The average Bonchev–Trinajstić information content (AvgIpc) is 2.80. The number of hydrogen-bond donors (Lipinski definition) is 1. The number of morpholine rings is 1.